The predicted molar refractivity (Wildman–Crippen MR) is 92.5 cm³/mol. The van der Waals surface area contributed by atoms with Crippen molar-refractivity contribution in [2.75, 3.05) is 6.61 Å². The molecule has 0 atom stereocenters. The van der Waals surface area contributed by atoms with E-state index in [-0.39, 0.29) is 22.6 Å². The van der Waals surface area contributed by atoms with Crippen molar-refractivity contribution in [3.63, 3.8) is 0 Å². The molecule has 0 spiro atoms. The van der Waals surface area contributed by atoms with Gasteiger partial charge in [-0.05, 0) is 38.8 Å². The van der Waals surface area contributed by atoms with E-state index in [1.807, 2.05) is 13.8 Å². The highest BCUT2D eigenvalue weighted by Crippen LogP contribution is 2.41. The number of benzene rings is 1. The van der Waals surface area contributed by atoms with Crippen LogP contribution in [0.3, 0.4) is 0 Å². The topological polar surface area (TPSA) is 61.8 Å². The van der Waals surface area contributed by atoms with Crippen LogP contribution in [-0.4, -0.2) is 18.5 Å². The number of hydrogen-bond donors (Lipinski definition) is 0. The van der Waals surface area contributed by atoms with Crippen LogP contribution < -0.4 is 14.2 Å². The molecule has 5 nitrogen and oxygen atoms in total. The maximum absolute atomic E-state index is 12.0. The number of ether oxygens (including phenoxy) is 3. The Labute approximate surface area is 142 Å². The van der Waals surface area contributed by atoms with Crippen LogP contribution in [0, 0.1) is 0 Å². The molecule has 1 aromatic carbocycles. The second-order valence-corrected chi connectivity index (χ2v) is 5.40. The van der Waals surface area contributed by atoms with Crippen LogP contribution in [0.25, 0.3) is 0 Å². The Balaban J connectivity index is 3.45. The van der Waals surface area contributed by atoms with Crippen molar-refractivity contribution >= 4 is 11.9 Å². The summed E-state index contributed by atoms with van der Waals surface area (Å²) in [7, 11) is 0. The molecule has 0 aliphatic heterocycles. The van der Waals surface area contributed by atoms with E-state index in [9.17, 15) is 9.59 Å². The molecule has 0 heterocycles. The van der Waals surface area contributed by atoms with Crippen molar-refractivity contribution in [1.82, 2.24) is 0 Å². The lowest BCUT2D eigenvalue weighted by molar-refractivity contribution is -0.132. The van der Waals surface area contributed by atoms with Crippen LogP contribution in [0.4, 0.5) is 0 Å². The largest absolute Gasteiger partial charge is 0.490 e. The van der Waals surface area contributed by atoms with E-state index in [0.29, 0.717) is 18.8 Å². The number of carbonyl (C=O) groups excluding carboxylic acids is 2. The van der Waals surface area contributed by atoms with Crippen molar-refractivity contribution < 1.29 is 23.8 Å². The van der Waals surface area contributed by atoms with Gasteiger partial charge in [0.15, 0.2) is 11.5 Å². The standard InChI is InChI=1S/C19H24O5/c1-7-9-14-10-11-15(22-8-2)17(24-19(21)13(5)6)16(14)23-18(20)12(3)4/h10-11H,3,5,7-9H2,1-2,4,6H3. The predicted octanol–water partition coefficient (Wildman–Crippen LogP) is 4.00. The fourth-order valence-corrected chi connectivity index (χ4v) is 1.89. The summed E-state index contributed by atoms with van der Waals surface area (Å²) < 4.78 is 16.3. The number of hydrogen-bond acceptors (Lipinski definition) is 5. The number of esters is 2. The van der Waals surface area contributed by atoms with Crippen LogP contribution in [0.5, 0.6) is 17.2 Å². The third-order valence-corrected chi connectivity index (χ3v) is 3.06. The monoisotopic (exact) mass is 332 g/mol. The molecule has 0 aliphatic carbocycles. The lowest BCUT2D eigenvalue weighted by Gasteiger charge is -2.18. The van der Waals surface area contributed by atoms with E-state index in [0.717, 1.165) is 12.0 Å². The minimum absolute atomic E-state index is 0.0883. The summed E-state index contributed by atoms with van der Waals surface area (Å²) in [6, 6.07) is 3.50. The molecule has 0 radical (unpaired) electrons. The van der Waals surface area contributed by atoms with Crippen molar-refractivity contribution in [1.29, 1.82) is 0 Å². The van der Waals surface area contributed by atoms with Crippen LogP contribution >= 0.6 is 0 Å². The molecule has 0 aliphatic rings. The molecule has 5 heteroatoms. The lowest BCUT2D eigenvalue weighted by Crippen LogP contribution is -2.15. The second-order valence-electron chi connectivity index (χ2n) is 5.40. The number of rotatable bonds is 8. The molecule has 130 valence electrons. The Morgan fingerprint density at radius 3 is 1.96 bits per heavy atom. The zero-order chi connectivity index (χ0) is 18.3. The summed E-state index contributed by atoms with van der Waals surface area (Å²) in [4.78, 5) is 24.0. The molecule has 0 bridgehead atoms. The van der Waals surface area contributed by atoms with E-state index in [1.54, 1.807) is 19.1 Å². The summed E-state index contributed by atoms with van der Waals surface area (Å²) in [5.74, 6) is -0.599. The first-order chi connectivity index (χ1) is 11.3. The van der Waals surface area contributed by atoms with Gasteiger partial charge in [-0.2, -0.15) is 0 Å². The molecule has 0 amide bonds. The van der Waals surface area contributed by atoms with Gasteiger partial charge in [-0.15, -0.1) is 0 Å². The smallest absolute Gasteiger partial charge is 0.338 e. The van der Waals surface area contributed by atoms with Gasteiger partial charge in [-0.1, -0.05) is 32.6 Å². The third kappa shape index (κ3) is 4.98. The van der Waals surface area contributed by atoms with Crippen molar-refractivity contribution in [3.05, 3.63) is 42.0 Å². The third-order valence-electron chi connectivity index (χ3n) is 3.06. The summed E-state index contributed by atoms with van der Waals surface area (Å²) in [6.07, 6.45) is 1.49. The van der Waals surface area contributed by atoms with Crippen LogP contribution in [0.1, 0.15) is 39.7 Å². The summed E-state index contributed by atoms with van der Waals surface area (Å²) in [6.45, 7) is 14.4. The molecule has 0 fully saturated rings. The van der Waals surface area contributed by atoms with Gasteiger partial charge in [0.05, 0.1) is 6.61 Å². The molecule has 0 saturated heterocycles. The van der Waals surface area contributed by atoms with Gasteiger partial charge in [0.25, 0.3) is 0 Å². The van der Waals surface area contributed by atoms with E-state index >= 15 is 0 Å². The van der Waals surface area contributed by atoms with Crippen molar-refractivity contribution in [2.24, 2.45) is 0 Å². The summed E-state index contributed by atoms with van der Waals surface area (Å²) in [5, 5.41) is 0. The molecule has 0 aromatic heterocycles. The lowest BCUT2D eigenvalue weighted by atomic mass is 10.1. The van der Waals surface area contributed by atoms with Crippen LogP contribution in [-0.2, 0) is 16.0 Å². The van der Waals surface area contributed by atoms with E-state index in [4.69, 9.17) is 14.2 Å². The van der Waals surface area contributed by atoms with Crippen molar-refractivity contribution in [3.8, 4) is 17.2 Å². The van der Waals surface area contributed by atoms with Gasteiger partial charge in [-0.25, -0.2) is 9.59 Å². The highest BCUT2D eigenvalue weighted by molar-refractivity contribution is 5.92. The first-order valence-corrected chi connectivity index (χ1v) is 7.85. The SMILES string of the molecule is C=C(C)C(=O)Oc1c(CCC)ccc(OCC)c1OC(=O)C(=C)C. The van der Waals surface area contributed by atoms with Gasteiger partial charge in [0, 0.05) is 11.1 Å². The molecular formula is C19H24O5. The highest BCUT2D eigenvalue weighted by atomic mass is 16.6. The van der Waals surface area contributed by atoms with Crippen LogP contribution in [0.2, 0.25) is 0 Å². The fourth-order valence-electron chi connectivity index (χ4n) is 1.89. The summed E-state index contributed by atoms with van der Waals surface area (Å²) >= 11 is 0. The maximum atomic E-state index is 12.0. The minimum Gasteiger partial charge on any atom is -0.490 e. The molecule has 0 unspecified atom stereocenters. The average molecular weight is 332 g/mol. The Morgan fingerprint density at radius 1 is 0.958 bits per heavy atom. The zero-order valence-electron chi connectivity index (χ0n) is 14.7. The van der Waals surface area contributed by atoms with E-state index in [2.05, 4.69) is 13.2 Å². The molecular weight excluding hydrogens is 308 g/mol. The van der Waals surface area contributed by atoms with Crippen LogP contribution in [0.15, 0.2) is 36.4 Å². The molecule has 1 aromatic rings. The molecule has 24 heavy (non-hydrogen) atoms. The first-order valence-electron chi connectivity index (χ1n) is 7.85. The van der Waals surface area contributed by atoms with Crippen molar-refractivity contribution in [2.45, 2.75) is 40.5 Å². The fraction of sp³-hybridized carbons (Fsp3) is 0.368. The second kappa shape index (κ2) is 8.91. The van der Waals surface area contributed by atoms with Gasteiger partial charge in [0.1, 0.15) is 0 Å². The van der Waals surface area contributed by atoms with Gasteiger partial charge < -0.3 is 14.2 Å². The normalized spacial score (nSPS) is 10.0. The maximum Gasteiger partial charge on any atom is 0.338 e. The van der Waals surface area contributed by atoms with E-state index in [1.165, 1.54) is 6.92 Å². The number of aryl methyl sites for hydroxylation is 1. The van der Waals surface area contributed by atoms with Gasteiger partial charge >= 0.3 is 11.9 Å². The van der Waals surface area contributed by atoms with Gasteiger partial charge in [0.2, 0.25) is 5.75 Å². The first kappa shape index (κ1) is 19.5. The quantitative estimate of drug-likeness (QED) is 0.409. The van der Waals surface area contributed by atoms with Gasteiger partial charge in [-0.3, -0.25) is 0 Å². The minimum atomic E-state index is -0.614. The number of carbonyl (C=O) groups is 2. The Hall–Kier alpha value is -2.56. The molecule has 0 saturated carbocycles. The Bertz CT molecular complexity index is 601. The summed E-state index contributed by atoms with van der Waals surface area (Å²) in [5.41, 5.74) is 1.23. The molecule has 0 N–H and O–H groups in total. The van der Waals surface area contributed by atoms with E-state index < -0.39 is 11.9 Å². The Kier molecular flexibility index (Phi) is 7.24. The highest BCUT2D eigenvalue weighted by Gasteiger charge is 2.23. The molecule has 1 rings (SSSR count). The average Bonchev–Trinajstić information content (AvgIpc) is 2.52. The zero-order valence-corrected chi connectivity index (χ0v) is 14.7. The Morgan fingerprint density at radius 2 is 1.50 bits per heavy atom.